The van der Waals surface area contributed by atoms with Crippen molar-refractivity contribution in [3.8, 4) is 28.3 Å². The van der Waals surface area contributed by atoms with Crippen molar-refractivity contribution in [2.24, 2.45) is 7.05 Å². The summed E-state index contributed by atoms with van der Waals surface area (Å²) in [6.07, 6.45) is 2.58. The van der Waals surface area contributed by atoms with Crippen LogP contribution < -0.4 is 5.32 Å². The molecule has 4 heterocycles. The van der Waals surface area contributed by atoms with Gasteiger partial charge in [0.25, 0.3) is 5.91 Å². The van der Waals surface area contributed by atoms with Crippen LogP contribution in [0.3, 0.4) is 0 Å². The van der Waals surface area contributed by atoms with E-state index in [2.05, 4.69) is 60.1 Å². The number of fused-ring (bicyclic) bond motifs is 1. The number of nitrogens with zero attached hydrogens (tertiary/aromatic N) is 4. The van der Waals surface area contributed by atoms with E-state index in [4.69, 9.17) is 4.98 Å². The van der Waals surface area contributed by atoms with Crippen LogP contribution in [0.4, 0.5) is 0 Å². The van der Waals surface area contributed by atoms with Gasteiger partial charge < -0.3 is 14.0 Å². The molecule has 0 saturated carbocycles. The van der Waals surface area contributed by atoms with Gasteiger partial charge in [-0.2, -0.15) is 0 Å². The third kappa shape index (κ3) is 3.85. The molecule has 3 amide bonds. The van der Waals surface area contributed by atoms with Crippen LogP contribution in [0.15, 0.2) is 60.8 Å². The second-order valence-corrected chi connectivity index (χ2v) is 9.83. The molecule has 0 radical (unpaired) electrons. The largest absolute Gasteiger partial charge is 0.333 e. The van der Waals surface area contributed by atoms with E-state index < -0.39 is 11.9 Å². The Labute approximate surface area is 214 Å². The minimum Gasteiger partial charge on any atom is -0.333 e. The van der Waals surface area contributed by atoms with Crippen molar-refractivity contribution in [2.75, 3.05) is 0 Å². The van der Waals surface area contributed by atoms with Crippen LogP contribution in [0.5, 0.6) is 0 Å². The van der Waals surface area contributed by atoms with Gasteiger partial charge >= 0.3 is 0 Å². The quantitative estimate of drug-likeness (QED) is 0.437. The van der Waals surface area contributed by atoms with E-state index in [9.17, 15) is 14.4 Å². The maximum atomic E-state index is 13.0. The van der Waals surface area contributed by atoms with E-state index >= 15 is 0 Å². The van der Waals surface area contributed by atoms with Crippen molar-refractivity contribution in [2.45, 2.75) is 39.3 Å². The summed E-state index contributed by atoms with van der Waals surface area (Å²) < 4.78 is 4.22. The van der Waals surface area contributed by atoms with Gasteiger partial charge in [0.1, 0.15) is 11.9 Å². The highest BCUT2D eigenvalue weighted by atomic mass is 16.2. The van der Waals surface area contributed by atoms with Gasteiger partial charge in [0.2, 0.25) is 11.8 Å². The lowest BCUT2D eigenvalue weighted by atomic mass is 10.0. The molecule has 0 spiro atoms. The molecule has 6 rings (SSSR count). The normalized spacial score (nSPS) is 17.3. The van der Waals surface area contributed by atoms with Crippen LogP contribution in [-0.4, -0.2) is 42.8 Å². The maximum absolute atomic E-state index is 13.0. The van der Waals surface area contributed by atoms with Gasteiger partial charge in [0, 0.05) is 60.0 Å². The first kappa shape index (κ1) is 23.0. The molecule has 186 valence electrons. The zero-order valence-electron chi connectivity index (χ0n) is 21.0. The minimum atomic E-state index is -0.621. The van der Waals surface area contributed by atoms with Gasteiger partial charge in [-0.25, -0.2) is 4.98 Å². The lowest BCUT2D eigenvalue weighted by Gasteiger charge is -2.29. The first-order chi connectivity index (χ1) is 17.8. The fourth-order valence-corrected chi connectivity index (χ4v) is 5.44. The molecule has 4 aromatic rings. The van der Waals surface area contributed by atoms with Crippen molar-refractivity contribution in [3.05, 3.63) is 83.3 Å². The van der Waals surface area contributed by atoms with Crippen molar-refractivity contribution in [1.82, 2.24) is 24.3 Å². The zero-order chi connectivity index (χ0) is 25.8. The highest BCUT2D eigenvalue weighted by molar-refractivity contribution is 6.05. The molecule has 2 aromatic carbocycles. The first-order valence-electron chi connectivity index (χ1n) is 12.4. The number of aryl methyl sites for hydroxylation is 3. The fraction of sp³-hybridized carbons (Fsp3) is 0.241. The number of carbonyl (C=O) groups is 3. The molecular weight excluding hydrogens is 466 g/mol. The van der Waals surface area contributed by atoms with Gasteiger partial charge in [0.15, 0.2) is 0 Å². The number of hydrogen-bond donors (Lipinski definition) is 1. The number of benzene rings is 2. The van der Waals surface area contributed by atoms with Crippen molar-refractivity contribution >= 4 is 17.7 Å². The number of imidazole rings is 1. The highest BCUT2D eigenvalue weighted by Crippen LogP contribution is 2.32. The monoisotopic (exact) mass is 493 g/mol. The fourth-order valence-electron chi connectivity index (χ4n) is 5.44. The Bertz CT molecular complexity index is 1560. The number of amides is 3. The molecule has 8 heteroatoms. The predicted octanol–water partition coefficient (Wildman–Crippen LogP) is 3.92. The number of carbonyl (C=O) groups excluding carboxylic acids is 3. The van der Waals surface area contributed by atoms with Gasteiger partial charge in [-0.15, -0.1) is 0 Å². The summed E-state index contributed by atoms with van der Waals surface area (Å²) in [5.74, 6) is -0.0152. The van der Waals surface area contributed by atoms with Crippen LogP contribution in [0.25, 0.3) is 28.3 Å². The standard InChI is InChI=1S/C29H27N5O3/c1-17-4-5-18(2)34(17)22-9-6-19(7-10-22)27-30-24(16-32(27)3)20-8-11-23-21(14-20)15-33(29(23)37)25-12-13-26(35)31-28(25)36/h4-11,14,16,25H,12-13,15H2,1-3H3,(H,31,35,36). The van der Waals surface area contributed by atoms with Gasteiger partial charge in [0.05, 0.1) is 5.69 Å². The van der Waals surface area contributed by atoms with Crippen LogP contribution in [0.1, 0.15) is 40.2 Å². The molecule has 2 aromatic heterocycles. The number of nitrogens with one attached hydrogen (secondary N) is 1. The van der Waals surface area contributed by atoms with Gasteiger partial charge in [-0.1, -0.05) is 6.07 Å². The third-order valence-electron chi connectivity index (χ3n) is 7.35. The molecule has 2 aliphatic rings. The molecule has 1 atom stereocenters. The predicted molar refractivity (Wildman–Crippen MR) is 139 cm³/mol. The average Bonchev–Trinajstić information content (AvgIpc) is 3.54. The summed E-state index contributed by atoms with van der Waals surface area (Å²) in [7, 11) is 1.97. The number of rotatable bonds is 4. The summed E-state index contributed by atoms with van der Waals surface area (Å²) in [5, 5.41) is 2.35. The Kier molecular flexibility index (Phi) is 5.33. The zero-order valence-corrected chi connectivity index (χ0v) is 21.0. The van der Waals surface area contributed by atoms with Crippen LogP contribution >= 0.6 is 0 Å². The average molecular weight is 494 g/mol. The van der Waals surface area contributed by atoms with E-state index in [1.807, 2.05) is 36.0 Å². The molecule has 1 N–H and O–H groups in total. The van der Waals surface area contributed by atoms with Crippen molar-refractivity contribution < 1.29 is 14.4 Å². The summed E-state index contributed by atoms with van der Waals surface area (Å²) in [4.78, 5) is 43.3. The Hall–Kier alpha value is -4.46. The third-order valence-corrected chi connectivity index (χ3v) is 7.35. The summed E-state index contributed by atoms with van der Waals surface area (Å²) in [6, 6.07) is 17.7. The first-order valence-corrected chi connectivity index (χ1v) is 12.4. The SMILES string of the molecule is Cc1ccc(C)n1-c1ccc(-c2nc(-c3ccc4c(c3)CN(C3CCC(=O)NC3=O)C4=O)cn2C)cc1. The molecular formula is C29H27N5O3. The lowest BCUT2D eigenvalue weighted by molar-refractivity contribution is -0.136. The van der Waals surface area contributed by atoms with Crippen LogP contribution in [0, 0.1) is 13.8 Å². The van der Waals surface area contributed by atoms with E-state index in [1.54, 1.807) is 4.90 Å². The maximum Gasteiger partial charge on any atom is 0.255 e. The summed E-state index contributed by atoms with van der Waals surface area (Å²) in [6.45, 7) is 4.54. The second kappa shape index (κ2) is 8.58. The molecule has 1 saturated heterocycles. The molecule has 0 aliphatic carbocycles. The van der Waals surface area contributed by atoms with Crippen LogP contribution in [0.2, 0.25) is 0 Å². The summed E-state index contributed by atoms with van der Waals surface area (Å²) in [5.41, 5.74) is 7.69. The molecule has 0 bridgehead atoms. The Morgan fingerprint density at radius 2 is 1.62 bits per heavy atom. The van der Waals surface area contributed by atoms with Crippen LogP contribution in [-0.2, 0) is 23.2 Å². The Morgan fingerprint density at radius 3 is 2.32 bits per heavy atom. The van der Waals surface area contributed by atoms with Crippen molar-refractivity contribution in [3.63, 3.8) is 0 Å². The van der Waals surface area contributed by atoms with Crippen molar-refractivity contribution in [1.29, 1.82) is 0 Å². The topological polar surface area (TPSA) is 89.2 Å². The smallest absolute Gasteiger partial charge is 0.255 e. The van der Waals surface area contributed by atoms with E-state index in [-0.39, 0.29) is 18.2 Å². The van der Waals surface area contributed by atoms with Gasteiger partial charge in [-0.05, 0) is 74.4 Å². The highest BCUT2D eigenvalue weighted by Gasteiger charge is 2.39. The molecule has 2 aliphatic heterocycles. The molecule has 8 nitrogen and oxygen atoms in total. The molecule has 1 unspecified atom stereocenters. The van der Waals surface area contributed by atoms with E-state index in [0.717, 1.165) is 33.9 Å². The minimum absolute atomic E-state index is 0.175. The summed E-state index contributed by atoms with van der Waals surface area (Å²) >= 11 is 0. The molecule has 1 fully saturated rings. The van der Waals surface area contributed by atoms with E-state index in [0.29, 0.717) is 18.5 Å². The lowest BCUT2D eigenvalue weighted by Crippen LogP contribution is -2.52. The van der Waals surface area contributed by atoms with Gasteiger partial charge in [-0.3, -0.25) is 19.7 Å². The molecule has 37 heavy (non-hydrogen) atoms. The number of aromatic nitrogens is 3. The number of imide groups is 1. The second-order valence-electron chi connectivity index (χ2n) is 9.83. The number of hydrogen-bond acceptors (Lipinski definition) is 4. The van der Waals surface area contributed by atoms with E-state index in [1.165, 1.54) is 11.4 Å². The Balaban J connectivity index is 1.26. The number of piperidine rings is 1. The Morgan fingerprint density at radius 1 is 0.919 bits per heavy atom.